The molecule has 2 aliphatic heterocycles. The van der Waals surface area contributed by atoms with Crippen LogP contribution in [0.25, 0.3) is 0 Å². The van der Waals surface area contributed by atoms with E-state index < -0.39 is 0 Å². The molecule has 1 aromatic rings. The second-order valence-corrected chi connectivity index (χ2v) is 5.91. The second kappa shape index (κ2) is 5.84. The lowest BCUT2D eigenvalue weighted by Gasteiger charge is -2.37. The molecule has 4 nitrogen and oxygen atoms in total. The number of halogens is 1. The maximum Gasteiger partial charge on any atom is 0.253 e. The summed E-state index contributed by atoms with van der Waals surface area (Å²) in [4.78, 5) is 25.9. The molecule has 2 saturated heterocycles. The fourth-order valence-electron chi connectivity index (χ4n) is 3.34. The van der Waals surface area contributed by atoms with Crippen molar-refractivity contribution in [2.24, 2.45) is 11.8 Å². The summed E-state index contributed by atoms with van der Waals surface area (Å²) in [7, 11) is 0. The van der Waals surface area contributed by atoms with Gasteiger partial charge in [-0.05, 0) is 48.9 Å². The van der Waals surface area contributed by atoms with Crippen LogP contribution >= 0.6 is 0 Å². The van der Waals surface area contributed by atoms with Crippen molar-refractivity contribution < 1.29 is 14.0 Å². The summed E-state index contributed by atoms with van der Waals surface area (Å²) in [6.07, 6.45) is 2.36. The van der Waals surface area contributed by atoms with E-state index >= 15 is 0 Å². The van der Waals surface area contributed by atoms with E-state index in [9.17, 15) is 14.0 Å². The first kappa shape index (κ1) is 14.0. The maximum absolute atomic E-state index is 12.9. The number of hydrogen-bond donors (Lipinski definition) is 1. The number of rotatable bonds is 1. The van der Waals surface area contributed by atoms with Crippen LogP contribution < -0.4 is 5.32 Å². The van der Waals surface area contributed by atoms with Crippen LogP contribution in [0, 0.1) is 17.7 Å². The van der Waals surface area contributed by atoms with E-state index in [4.69, 9.17) is 0 Å². The largest absolute Gasteiger partial charge is 0.356 e. The lowest BCUT2D eigenvalue weighted by Crippen LogP contribution is -2.43. The summed E-state index contributed by atoms with van der Waals surface area (Å²) < 4.78 is 12.9. The van der Waals surface area contributed by atoms with Gasteiger partial charge in [-0.15, -0.1) is 0 Å². The Bertz CT molecular complexity index is 544. The van der Waals surface area contributed by atoms with Gasteiger partial charge in [-0.1, -0.05) is 0 Å². The highest BCUT2D eigenvalue weighted by molar-refractivity contribution is 5.94. The van der Waals surface area contributed by atoms with Gasteiger partial charge in [0, 0.05) is 31.6 Å². The van der Waals surface area contributed by atoms with Gasteiger partial charge in [-0.2, -0.15) is 0 Å². The second-order valence-electron chi connectivity index (χ2n) is 5.91. The average Bonchev–Trinajstić information content (AvgIpc) is 2.67. The van der Waals surface area contributed by atoms with E-state index in [1.54, 1.807) is 0 Å². The van der Waals surface area contributed by atoms with E-state index in [-0.39, 0.29) is 17.6 Å². The van der Waals surface area contributed by atoms with Crippen LogP contribution in [-0.2, 0) is 4.79 Å². The van der Waals surface area contributed by atoms with E-state index in [0.717, 1.165) is 12.8 Å². The Morgan fingerprint density at radius 2 is 1.95 bits per heavy atom. The van der Waals surface area contributed by atoms with Crippen molar-refractivity contribution in [1.29, 1.82) is 0 Å². The summed E-state index contributed by atoms with van der Waals surface area (Å²) in [5, 5.41) is 2.90. The number of carbonyl (C=O) groups excluding carboxylic acids is 2. The third-order valence-corrected chi connectivity index (χ3v) is 4.55. The van der Waals surface area contributed by atoms with Crippen molar-refractivity contribution in [3.8, 4) is 0 Å². The van der Waals surface area contributed by atoms with Crippen LogP contribution in [0.4, 0.5) is 4.39 Å². The molecule has 2 fully saturated rings. The standard InChI is InChI=1S/C16H19FN2O2/c17-14-3-1-11(2-4-14)16(21)19-8-6-12-9-15(20)18-7-5-13(12)10-19/h1-4,12-13H,5-10H2,(H,18,20). The van der Waals surface area contributed by atoms with Crippen molar-refractivity contribution in [1.82, 2.24) is 10.2 Å². The lowest BCUT2D eigenvalue weighted by molar-refractivity contribution is -0.121. The monoisotopic (exact) mass is 290 g/mol. The molecule has 2 heterocycles. The first-order chi connectivity index (χ1) is 10.1. The Morgan fingerprint density at radius 1 is 1.19 bits per heavy atom. The molecule has 112 valence electrons. The SMILES string of the molecule is O=C1CC2CCN(C(=O)c3ccc(F)cc3)CC2CCN1. The van der Waals surface area contributed by atoms with Crippen LogP contribution in [0.1, 0.15) is 29.6 Å². The molecule has 2 unspecified atom stereocenters. The summed E-state index contributed by atoms with van der Waals surface area (Å²) in [5.41, 5.74) is 0.526. The first-order valence-corrected chi connectivity index (χ1v) is 7.45. The number of amides is 2. The molecule has 0 saturated carbocycles. The van der Waals surface area contributed by atoms with Gasteiger partial charge in [0.05, 0.1) is 0 Å². The summed E-state index contributed by atoms with van der Waals surface area (Å²) >= 11 is 0. The fraction of sp³-hybridized carbons (Fsp3) is 0.500. The number of fused-ring (bicyclic) bond motifs is 1. The topological polar surface area (TPSA) is 49.4 Å². The van der Waals surface area contributed by atoms with Crippen molar-refractivity contribution in [3.63, 3.8) is 0 Å². The molecule has 1 N–H and O–H groups in total. The maximum atomic E-state index is 12.9. The van der Waals surface area contributed by atoms with E-state index in [1.165, 1.54) is 24.3 Å². The Kier molecular flexibility index (Phi) is 3.90. The Balaban J connectivity index is 1.69. The minimum absolute atomic E-state index is 0.0445. The molecule has 3 rings (SSSR count). The molecular weight excluding hydrogens is 271 g/mol. The first-order valence-electron chi connectivity index (χ1n) is 7.45. The molecule has 1 aromatic carbocycles. The Morgan fingerprint density at radius 3 is 2.71 bits per heavy atom. The van der Waals surface area contributed by atoms with Gasteiger partial charge in [-0.25, -0.2) is 4.39 Å². The molecule has 0 spiro atoms. The highest BCUT2D eigenvalue weighted by atomic mass is 19.1. The fourth-order valence-corrected chi connectivity index (χ4v) is 3.34. The van der Waals surface area contributed by atoms with Crippen molar-refractivity contribution in [2.75, 3.05) is 19.6 Å². The van der Waals surface area contributed by atoms with E-state index in [1.807, 2.05) is 4.90 Å². The molecule has 0 radical (unpaired) electrons. The molecule has 2 amide bonds. The van der Waals surface area contributed by atoms with Gasteiger partial charge in [-0.3, -0.25) is 9.59 Å². The zero-order chi connectivity index (χ0) is 14.8. The molecule has 21 heavy (non-hydrogen) atoms. The van der Waals surface area contributed by atoms with E-state index in [2.05, 4.69) is 5.32 Å². The van der Waals surface area contributed by atoms with Gasteiger partial charge in [0.15, 0.2) is 0 Å². The van der Waals surface area contributed by atoms with E-state index in [0.29, 0.717) is 43.5 Å². The van der Waals surface area contributed by atoms with Crippen LogP contribution in [0.15, 0.2) is 24.3 Å². The molecule has 2 atom stereocenters. The summed E-state index contributed by atoms with van der Waals surface area (Å²) in [6.45, 7) is 2.05. The Hall–Kier alpha value is -1.91. The number of nitrogens with one attached hydrogen (secondary N) is 1. The highest BCUT2D eigenvalue weighted by Crippen LogP contribution is 2.31. The summed E-state index contributed by atoms with van der Waals surface area (Å²) in [6, 6.07) is 5.69. The van der Waals surface area contributed by atoms with Gasteiger partial charge in [0.2, 0.25) is 5.91 Å². The minimum atomic E-state index is -0.335. The quantitative estimate of drug-likeness (QED) is 0.857. The zero-order valence-electron chi connectivity index (χ0n) is 11.8. The molecular formula is C16H19FN2O2. The molecule has 5 heteroatoms. The number of likely N-dealkylation sites (tertiary alicyclic amines) is 1. The predicted octanol–water partition coefficient (Wildman–Crippen LogP) is 1.81. The van der Waals surface area contributed by atoms with Crippen molar-refractivity contribution >= 4 is 11.8 Å². The highest BCUT2D eigenvalue weighted by Gasteiger charge is 2.34. The lowest BCUT2D eigenvalue weighted by atomic mass is 9.82. The number of piperidine rings is 1. The van der Waals surface area contributed by atoms with Crippen LogP contribution in [0.3, 0.4) is 0 Å². The van der Waals surface area contributed by atoms with Gasteiger partial charge in [0.25, 0.3) is 5.91 Å². The van der Waals surface area contributed by atoms with Crippen LogP contribution in [0.2, 0.25) is 0 Å². The molecule has 0 aliphatic carbocycles. The molecule has 2 aliphatic rings. The zero-order valence-corrected chi connectivity index (χ0v) is 11.8. The number of carbonyl (C=O) groups is 2. The normalized spacial score (nSPS) is 25.8. The molecule has 0 aromatic heterocycles. The number of hydrogen-bond acceptors (Lipinski definition) is 2. The smallest absolute Gasteiger partial charge is 0.253 e. The third kappa shape index (κ3) is 3.06. The van der Waals surface area contributed by atoms with Crippen LogP contribution in [0.5, 0.6) is 0 Å². The summed E-state index contributed by atoms with van der Waals surface area (Å²) in [5.74, 6) is 0.503. The Labute approximate surface area is 123 Å². The van der Waals surface area contributed by atoms with Gasteiger partial charge in [0.1, 0.15) is 5.82 Å². The van der Waals surface area contributed by atoms with Crippen LogP contribution in [-0.4, -0.2) is 36.3 Å². The van der Waals surface area contributed by atoms with Gasteiger partial charge < -0.3 is 10.2 Å². The number of benzene rings is 1. The van der Waals surface area contributed by atoms with Crippen molar-refractivity contribution in [3.05, 3.63) is 35.6 Å². The molecule has 0 bridgehead atoms. The number of nitrogens with zero attached hydrogens (tertiary/aromatic N) is 1. The third-order valence-electron chi connectivity index (χ3n) is 4.55. The minimum Gasteiger partial charge on any atom is -0.356 e. The average molecular weight is 290 g/mol. The van der Waals surface area contributed by atoms with Crippen molar-refractivity contribution in [2.45, 2.75) is 19.3 Å². The predicted molar refractivity (Wildman–Crippen MR) is 76.1 cm³/mol. The van der Waals surface area contributed by atoms with Gasteiger partial charge >= 0.3 is 0 Å².